The predicted octanol–water partition coefficient (Wildman–Crippen LogP) is 1.14. The molecule has 0 saturated heterocycles. The Morgan fingerprint density at radius 1 is 1.32 bits per heavy atom. The van der Waals surface area contributed by atoms with Crippen molar-refractivity contribution in [3.63, 3.8) is 0 Å². The third-order valence-electron chi connectivity index (χ3n) is 2.11. The Kier molecular flexibility index (Phi) is 4.12. The average Bonchev–Trinajstić information content (AvgIpc) is 2.24. The fourth-order valence-corrected chi connectivity index (χ4v) is 1.92. The summed E-state index contributed by atoms with van der Waals surface area (Å²) >= 11 is 0. The van der Waals surface area contributed by atoms with E-state index in [2.05, 4.69) is 10.1 Å². The van der Waals surface area contributed by atoms with Gasteiger partial charge >= 0.3 is 6.18 Å². The Morgan fingerprint density at radius 3 is 2.16 bits per heavy atom. The summed E-state index contributed by atoms with van der Waals surface area (Å²) in [4.78, 5) is 2.78. The molecular weight excluding hydrogens is 297 g/mol. The molecule has 0 aliphatic carbocycles. The molecule has 0 fully saturated rings. The minimum absolute atomic E-state index is 0.435. The molecule has 0 saturated carbocycles. The van der Waals surface area contributed by atoms with Gasteiger partial charge in [-0.2, -0.15) is 13.2 Å². The van der Waals surface area contributed by atoms with Crippen molar-refractivity contribution >= 4 is 10.0 Å². The van der Waals surface area contributed by atoms with Crippen LogP contribution < -0.4 is 10.9 Å². The molecule has 1 rings (SSSR count). The van der Waals surface area contributed by atoms with E-state index in [0.29, 0.717) is 6.07 Å². The maximum absolute atomic E-state index is 12.7. The van der Waals surface area contributed by atoms with Crippen molar-refractivity contribution in [2.24, 2.45) is 10.9 Å². The number of aromatic nitrogens is 1. The number of pyridine rings is 1. The van der Waals surface area contributed by atoms with Crippen molar-refractivity contribution in [1.82, 2.24) is 4.98 Å². The summed E-state index contributed by atoms with van der Waals surface area (Å²) in [6.45, 7) is -0.792. The summed E-state index contributed by atoms with van der Waals surface area (Å²) in [5.41, 5.74) is 0.755. The van der Waals surface area contributed by atoms with Crippen LogP contribution in [0, 0.1) is 0 Å². The number of primary sulfonamides is 1. The second-order valence-electron chi connectivity index (χ2n) is 3.43. The third-order valence-corrected chi connectivity index (χ3v) is 2.90. The topological polar surface area (TPSA) is 99.1 Å². The molecule has 1 aromatic rings. The van der Waals surface area contributed by atoms with Gasteiger partial charge in [0, 0.05) is 6.54 Å². The molecular formula is C8H8F5N3O2S. The van der Waals surface area contributed by atoms with Gasteiger partial charge in [0.1, 0.15) is 5.69 Å². The number of hydrogen-bond acceptors (Lipinski definition) is 4. The van der Waals surface area contributed by atoms with Gasteiger partial charge < -0.3 is 5.73 Å². The highest BCUT2D eigenvalue weighted by molar-refractivity contribution is 7.89. The second-order valence-corrected chi connectivity index (χ2v) is 4.94. The van der Waals surface area contributed by atoms with Crippen LogP contribution in [-0.4, -0.2) is 13.4 Å². The first kappa shape index (κ1) is 15.7. The highest BCUT2D eigenvalue weighted by atomic mass is 32.2. The van der Waals surface area contributed by atoms with Crippen LogP contribution in [0.4, 0.5) is 22.0 Å². The molecule has 0 amide bonds. The van der Waals surface area contributed by atoms with Crippen molar-refractivity contribution in [3.05, 3.63) is 22.9 Å². The fraction of sp³-hybridized carbons (Fsp3) is 0.375. The molecule has 4 N–H and O–H groups in total. The van der Waals surface area contributed by atoms with Crippen molar-refractivity contribution < 1.29 is 30.4 Å². The third kappa shape index (κ3) is 3.36. The summed E-state index contributed by atoms with van der Waals surface area (Å²) in [5.74, 6) is 0. The van der Waals surface area contributed by atoms with E-state index in [1.165, 1.54) is 0 Å². The molecule has 5 nitrogen and oxygen atoms in total. The van der Waals surface area contributed by atoms with Crippen LogP contribution in [0.2, 0.25) is 0 Å². The number of sulfonamides is 1. The first-order valence-corrected chi connectivity index (χ1v) is 6.15. The summed E-state index contributed by atoms with van der Waals surface area (Å²) in [5, 5.41) is 3.56. The van der Waals surface area contributed by atoms with Gasteiger partial charge in [-0.25, -0.2) is 27.3 Å². The molecule has 0 aliphatic rings. The van der Waals surface area contributed by atoms with Crippen LogP contribution in [0.15, 0.2) is 11.1 Å². The average molecular weight is 305 g/mol. The van der Waals surface area contributed by atoms with Crippen LogP contribution >= 0.6 is 0 Å². The second kappa shape index (κ2) is 4.98. The molecule has 0 unspecified atom stereocenters. The lowest BCUT2D eigenvalue weighted by molar-refractivity contribution is -0.140. The van der Waals surface area contributed by atoms with Crippen LogP contribution in [0.5, 0.6) is 0 Å². The van der Waals surface area contributed by atoms with Crippen molar-refractivity contribution in [1.29, 1.82) is 0 Å². The summed E-state index contributed by atoms with van der Waals surface area (Å²) in [6, 6.07) is 0.435. The van der Waals surface area contributed by atoms with Crippen LogP contribution in [0.25, 0.3) is 0 Å². The van der Waals surface area contributed by atoms with E-state index in [4.69, 9.17) is 5.73 Å². The molecule has 1 heterocycles. The molecule has 0 spiro atoms. The number of nitrogens with two attached hydrogens (primary N) is 2. The molecule has 1 aromatic heterocycles. The molecule has 0 atom stereocenters. The van der Waals surface area contributed by atoms with Crippen LogP contribution in [-0.2, 0) is 22.7 Å². The number of alkyl halides is 5. The van der Waals surface area contributed by atoms with Gasteiger partial charge in [0.2, 0.25) is 0 Å². The monoisotopic (exact) mass is 305 g/mol. The quantitative estimate of drug-likeness (QED) is 0.818. The lowest BCUT2D eigenvalue weighted by Crippen LogP contribution is -2.21. The highest BCUT2D eigenvalue weighted by Crippen LogP contribution is 2.38. The van der Waals surface area contributed by atoms with E-state index in [1.54, 1.807) is 0 Å². The molecule has 0 bridgehead atoms. The normalized spacial score (nSPS) is 13.1. The lowest BCUT2D eigenvalue weighted by Gasteiger charge is -2.16. The van der Waals surface area contributed by atoms with Gasteiger partial charge in [-0.15, -0.1) is 0 Å². The van der Waals surface area contributed by atoms with E-state index >= 15 is 0 Å². The Bertz CT molecular complexity index is 585. The zero-order valence-corrected chi connectivity index (χ0v) is 9.89. The fourth-order valence-electron chi connectivity index (χ4n) is 1.38. The van der Waals surface area contributed by atoms with Gasteiger partial charge in [0.15, 0.2) is 5.03 Å². The Hall–Kier alpha value is -1.33. The Morgan fingerprint density at radius 2 is 1.84 bits per heavy atom. The van der Waals surface area contributed by atoms with Gasteiger partial charge in [0.05, 0.1) is 5.56 Å². The zero-order valence-electron chi connectivity index (χ0n) is 9.08. The highest BCUT2D eigenvalue weighted by Gasteiger charge is 2.40. The Balaban J connectivity index is 3.74. The van der Waals surface area contributed by atoms with Crippen LogP contribution in [0.1, 0.15) is 23.2 Å². The maximum Gasteiger partial charge on any atom is 0.418 e. The summed E-state index contributed by atoms with van der Waals surface area (Å²) in [6.07, 6.45) is -8.76. The van der Waals surface area contributed by atoms with Crippen LogP contribution in [0.3, 0.4) is 0 Å². The van der Waals surface area contributed by atoms with Gasteiger partial charge in [-0.3, -0.25) is 0 Å². The van der Waals surface area contributed by atoms with E-state index in [9.17, 15) is 30.4 Å². The van der Waals surface area contributed by atoms with E-state index in [0.717, 1.165) is 0 Å². The van der Waals surface area contributed by atoms with E-state index in [1.807, 2.05) is 0 Å². The smallest absolute Gasteiger partial charge is 0.326 e. The SMILES string of the molecule is NCc1cc(S(N)(=O)=O)nc(C(F)F)c1C(F)(F)F. The molecule has 0 radical (unpaired) electrons. The van der Waals surface area contributed by atoms with Gasteiger partial charge in [-0.1, -0.05) is 0 Å². The molecule has 0 aromatic carbocycles. The summed E-state index contributed by atoms with van der Waals surface area (Å²) < 4.78 is 85.2. The maximum atomic E-state index is 12.7. The molecule has 0 aliphatic heterocycles. The number of halogens is 5. The lowest BCUT2D eigenvalue weighted by atomic mass is 10.1. The van der Waals surface area contributed by atoms with Crippen molar-refractivity contribution in [3.8, 4) is 0 Å². The van der Waals surface area contributed by atoms with E-state index < -0.39 is 51.0 Å². The number of hydrogen-bond donors (Lipinski definition) is 2. The molecule has 19 heavy (non-hydrogen) atoms. The molecule has 11 heteroatoms. The Labute approximate surface area is 104 Å². The van der Waals surface area contributed by atoms with Gasteiger partial charge in [-0.05, 0) is 11.6 Å². The first-order chi connectivity index (χ1) is 8.48. The van der Waals surface area contributed by atoms with Gasteiger partial charge in [0.25, 0.3) is 16.4 Å². The number of nitrogens with zero attached hydrogens (tertiary/aromatic N) is 1. The predicted molar refractivity (Wildman–Crippen MR) is 53.5 cm³/mol. The standard InChI is InChI=1S/C8H8F5N3O2S/c9-7(10)6-5(8(11,12)13)3(2-14)1-4(16-6)19(15,17)18/h1,7H,2,14H2,(H2,15,17,18). The summed E-state index contributed by atoms with van der Waals surface area (Å²) in [7, 11) is -4.52. The van der Waals surface area contributed by atoms with E-state index in [-0.39, 0.29) is 0 Å². The van der Waals surface area contributed by atoms with Crippen molar-refractivity contribution in [2.45, 2.75) is 24.2 Å². The zero-order chi connectivity index (χ0) is 15.0. The first-order valence-electron chi connectivity index (χ1n) is 4.60. The largest absolute Gasteiger partial charge is 0.418 e. The number of rotatable bonds is 3. The minimum atomic E-state index is -5.13. The van der Waals surface area contributed by atoms with Crippen molar-refractivity contribution in [2.75, 3.05) is 0 Å². The molecule has 108 valence electrons. The minimum Gasteiger partial charge on any atom is -0.326 e.